The molecule has 0 bridgehead atoms. The van der Waals surface area contributed by atoms with E-state index in [-0.39, 0.29) is 29.5 Å². The van der Waals surface area contributed by atoms with Crippen molar-refractivity contribution in [3.05, 3.63) is 107 Å². The summed E-state index contributed by atoms with van der Waals surface area (Å²) in [6.45, 7) is 5.25. The number of carbonyl (C=O) groups is 1. The van der Waals surface area contributed by atoms with Crippen LogP contribution in [0.5, 0.6) is 5.75 Å². The Balaban J connectivity index is 1.50. The van der Waals surface area contributed by atoms with Gasteiger partial charge in [-0.15, -0.1) is 0 Å². The molecular weight excluding hydrogens is 534 g/mol. The Hall–Kier alpha value is -3.91. The second-order valence-corrected chi connectivity index (χ2v) is 13.3. The van der Waals surface area contributed by atoms with E-state index in [1.54, 1.807) is 4.68 Å². The molecule has 0 aliphatic carbocycles. The molecule has 1 aromatic heterocycles. The van der Waals surface area contributed by atoms with Gasteiger partial charge in [0, 0.05) is 17.7 Å². The molecule has 41 heavy (non-hydrogen) atoms. The fraction of sp³-hybridized carbons (Fsp3) is 0.333. The van der Waals surface area contributed by atoms with Gasteiger partial charge in [0.15, 0.2) is 9.84 Å². The van der Waals surface area contributed by atoms with E-state index in [1.807, 2.05) is 90.7 Å². The maximum Gasteiger partial charge on any atom is 0.273 e. The van der Waals surface area contributed by atoms with Crippen molar-refractivity contribution in [1.82, 2.24) is 14.7 Å². The summed E-state index contributed by atoms with van der Waals surface area (Å²) in [6, 6.07) is 25.3. The largest absolute Gasteiger partial charge is 0.494 e. The molecule has 7 nitrogen and oxygen atoms in total. The van der Waals surface area contributed by atoms with Crippen molar-refractivity contribution in [3.63, 3.8) is 0 Å². The zero-order chi connectivity index (χ0) is 28.6. The van der Waals surface area contributed by atoms with Gasteiger partial charge in [0.2, 0.25) is 0 Å². The van der Waals surface area contributed by atoms with Crippen LogP contribution in [0.2, 0.25) is 0 Å². The van der Waals surface area contributed by atoms with Crippen LogP contribution in [0.25, 0.3) is 11.3 Å². The first kappa shape index (κ1) is 27.3. The molecule has 212 valence electrons. The molecule has 8 heteroatoms. The third-order valence-electron chi connectivity index (χ3n) is 8.03. The average molecular weight is 570 g/mol. The van der Waals surface area contributed by atoms with E-state index >= 15 is 0 Å². The molecule has 6 rings (SSSR count). The van der Waals surface area contributed by atoms with Crippen LogP contribution in [0.15, 0.2) is 78.9 Å². The van der Waals surface area contributed by atoms with Gasteiger partial charge in [0.05, 0.1) is 35.9 Å². The fourth-order valence-corrected chi connectivity index (χ4v) is 7.55. The van der Waals surface area contributed by atoms with Crippen molar-refractivity contribution in [2.75, 3.05) is 18.1 Å². The third kappa shape index (κ3) is 5.40. The lowest BCUT2D eigenvalue weighted by molar-refractivity contribution is 0.0722. The molecule has 0 unspecified atom stereocenters. The molecule has 2 aliphatic heterocycles. The van der Waals surface area contributed by atoms with Crippen LogP contribution in [-0.2, 0) is 16.4 Å². The van der Waals surface area contributed by atoms with Crippen molar-refractivity contribution in [2.24, 2.45) is 0 Å². The number of benzene rings is 3. The number of nitrogens with zero attached hydrogens (tertiary/aromatic N) is 3. The third-order valence-corrected chi connectivity index (χ3v) is 9.78. The van der Waals surface area contributed by atoms with Gasteiger partial charge in [0.25, 0.3) is 5.91 Å². The van der Waals surface area contributed by atoms with E-state index in [1.165, 1.54) is 0 Å². The Labute approximate surface area is 241 Å². The van der Waals surface area contributed by atoms with Crippen molar-refractivity contribution >= 4 is 15.7 Å². The van der Waals surface area contributed by atoms with E-state index in [0.29, 0.717) is 25.3 Å². The Bertz CT molecular complexity index is 1650. The zero-order valence-corrected chi connectivity index (χ0v) is 24.3. The van der Waals surface area contributed by atoms with Crippen molar-refractivity contribution in [1.29, 1.82) is 0 Å². The Kier molecular flexibility index (Phi) is 7.43. The standard InChI is InChI=1S/C33H35N3O4S/c1-3-4-19-40-28-16-14-26(15-17-28)31-29-30(25-12-10-23(2)11-13-25)34-36(27-18-20-41(38,39)22-27)32(29)33(37)35(31)21-24-8-6-5-7-9-24/h5-17,27,31H,3-4,18-22H2,1-2H3/t27-,31-/m0/s1. The number of fused-ring (bicyclic) bond motifs is 1. The molecule has 3 aromatic carbocycles. The van der Waals surface area contributed by atoms with Crippen LogP contribution in [0.1, 0.15) is 71.0 Å². The highest BCUT2D eigenvalue weighted by molar-refractivity contribution is 7.91. The predicted molar refractivity (Wildman–Crippen MR) is 160 cm³/mol. The molecular formula is C33H35N3O4S. The first-order valence-electron chi connectivity index (χ1n) is 14.3. The summed E-state index contributed by atoms with van der Waals surface area (Å²) in [5.74, 6) is 0.769. The Morgan fingerprint density at radius 3 is 2.37 bits per heavy atom. The first-order valence-corrected chi connectivity index (χ1v) is 16.1. The van der Waals surface area contributed by atoms with E-state index in [9.17, 15) is 13.2 Å². The SMILES string of the molecule is CCCCOc1ccc([C@H]2c3c(-c4ccc(C)cc4)nn([C@H]4CCS(=O)(=O)C4)c3C(=O)N2Cc2ccccc2)cc1. The Morgan fingerprint density at radius 2 is 1.71 bits per heavy atom. The molecule has 0 saturated carbocycles. The molecule has 1 saturated heterocycles. The molecule has 4 aromatic rings. The minimum absolute atomic E-state index is 0.00507. The van der Waals surface area contributed by atoms with Gasteiger partial charge in [-0.25, -0.2) is 8.42 Å². The highest BCUT2D eigenvalue weighted by atomic mass is 32.2. The van der Waals surface area contributed by atoms with Crippen LogP contribution in [0.4, 0.5) is 0 Å². The minimum atomic E-state index is -3.18. The monoisotopic (exact) mass is 569 g/mol. The van der Waals surface area contributed by atoms with E-state index < -0.39 is 9.84 Å². The number of hydrogen-bond acceptors (Lipinski definition) is 5. The molecule has 2 atom stereocenters. The smallest absolute Gasteiger partial charge is 0.273 e. The van der Waals surface area contributed by atoms with Crippen molar-refractivity contribution < 1.29 is 17.9 Å². The van der Waals surface area contributed by atoms with Gasteiger partial charge in [-0.05, 0) is 43.0 Å². The number of aromatic nitrogens is 2. The van der Waals surface area contributed by atoms with E-state index in [4.69, 9.17) is 9.84 Å². The number of rotatable bonds is 9. The molecule has 0 N–H and O–H groups in total. The normalized spacial score (nSPS) is 19.5. The van der Waals surface area contributed by atoms with E-state index in [2.05, 4.69) is 6.92 Å². The lowest BCUT2D eigenvalue weighted by Gasteiger charge is -2.27. The van der Waals surface area contributed by atoms with Gasteiger partial charge in [-0.1, -0.05) is 85.6 Å². The number of carbonyl (C=O) groups excluding carboxylic acids is 1. The summed E-state index contributed by atoms with van der Waals surface area (Å²) in [4.78, 5) is 16.2. The summed E-state index contributed by atoms with van der Waals surface area (Å²) in [7, 11) is -3.18. The summed E-state index contributed by atoms with van der Waals surface area (Å²) in [5, 5.41) is 4.99. The zero-order valence-electron chi connectivity index (χ0n) is 23.5. The average Bonchev–Trinajstić information content (AvgIpc) is 3.62. The summed E-state index contributed by atoms with van der Waals surface area (Å²) in [6.07, 6.45) is 2.50. The minimum Gasteiger partial charge on any atom is -0.494 e. The number of sulfone groups is 1. The molecule has 3 heterocycles. The lowest BCUT2D eigenvalue weighted by atomic mass is 9.95. The molecule has 0 radical (unpaired) electrons. The molecule has 2 aliphatic rings. The van der Waals surface area contributed by atoms with Crippen LogP contribution >= 0.6 is 0 Å². The predicted octanol–water partition coefficient (Wildman–Crippen LogP) is 6.14. The number of ether oxygens (including phenoxy) is 1. The molecule has 1 amide bonds. The maximum absolute atomic E-state index is 14.4. The quantitative estimate of drug-likeness (QED) is 0.226. The van der Waals surface area contributed by atoms with Gasteiger partial charge in [0.1, 0.15) is 11.4 Å². The van der Waals surface area contributed by atoms with E-state index in [0.717, 1.165) is 52.1 Å². The second kappa shape index (κ2) is 11.2. The second-order valence-electron chi connectivity index (χ2n) is 11.1. The first-order chi connectivity index (χ1) is 19.8. The van der Waals surface area contributed by atoms with Gasteiger partial charge >= 0.3 is 0 Å². The highest BCUT2D eigenvalue weighted by Crippen LogP contribution is 2.46. The van der Waals surface area contributed by atoms with Gasteiger partial charge < -0.3 is 9.64 Å². The Morgan fingerprint density at radius 1 is 0.976 bits per heavy atom. The number of aryl methyl sites for hydroxylation is 1. The van der Waals surface area contributed by atoms with Crippen LogP contribution in [-0.4, -0.2) is 47.1 Å². The van der Waals surface area contributed by atoms with Crippen LogP contribution < -0.4 is 4.74 Å². The number of unbranched alkanes of at least 4 members (excludes halogenated alkanes) is 1. The number of hydrogen-bond donors (Lipinski definition) is 0. The van der Waals surface area contributed by atoms with Crippen molar-refractivity contribution in [3.8, 4) is 17.0 Å². The van der Waals surface area contributed by atoms with Crippen LogP contribution in [0.3, 0.4) is 0 Å². The molecule has 0 spiro atoms. The van der Waals surface area contributed by atoms with Crippen molar-refractivity contribution in [2.45, 2.75) is 51.7 Å². The summed E-state index contributed by atoms with van der Waals surface area (Å²) >= 11 is 0. The number of amides is 1. The summed E-state index contributed by atoms with van der Waals surface area (Å²) < 4.78 is 32.6. The highest BCUT2D eigenvalue weighted by Gasteiger charge is 2.46. The maximum atomic E-state index is 14.4. The molecule has 1 fully saturated rings. The fourth-order valence-electron chi connectivity index (χ4n) is 5.86. The lowest BCUT2D eigenvalue weighted by Crippen LogP contribution is -2.30. The summed E-state index contributed by atoms with van der Waals surface area (Å²) in [5.41, 5.74) is 6.07. The van der Waals surface area contributed by atoms with Crippen LogP contribution in [0, 0.1) is 6.92 Å². The van der Waals surface area contributed by atoms with Gasteiger partial charge in [-0.2, -0.15) is 5.10 Å². The van der Waals surface area contributed by atoms with Gasteiger partial charge in [-0.3, -0.25) is 9.48 Å². The topological polar surface area (TPSA) is 81.5 Å².